The zero-order valence-corrected chi connectivity index (χ0v) is 39.6. The Morgan fingerprint density at radius 2 is 1.50 bits per heavy atom. The van der Waals surface area contributed by atoms with E-state index in [1.807, 2.05) is 6.20 Å². The van der Waals surface area contributed by atoms with Crippen molar-refractivity contribution in [2.75, 3.05) is 11.9 Å². The number of aryl methyl sites for hydroxylation is 1. The Kier molecular flexibility index (Phi) is 8.30. The van der Waals surface area contributed by atoms with Gasteiger partial charge in [-0.2, -0.15) is 0 Å². The molecule has 6 heterocycles. The molecule has 8 aliphatic carbocycles. The number of carbonyl (C=O) groups excluding carboxylic acids is 2. The van der Waals surface area contributed by atoms with Crippen LogP contribution in [0.1, 0.15) is 164 Å². The molecule has 12 aliphatic rings. The minimum atomic E-state index is -2.39. The number of benzene rings is 2. The van der Waals surface area contributed by atoms with E-state index in [9.17, 15) is 30.6 Å². The molecule has 8 N–H and O–H groups in total. The van der Waals surface area contributed by atoms with Crippen molar-refractivity contribution in [3.63, 3.8) is 0 Å². The number of aromatic hydroxyl groups is 1. The van der Waals surface area contributed by atoms with E-state index in [0.29, 0.717) is 64.7 Å². The van der Waals surface area contributed by atoms with Gasteiger partial charge in [0.15, 0.2) is 17.5 Å². The molecule has 9 atom stereocenters. The molecule has 2 aromatic carbocycles. The number of carbonyl (C=O) groups is 2. The van der Waals surface area contributed by atoms with E-state index in [2.05, 4.69) is 16.4 Å². The number of ether oxygens (including phenoxy) is 2. The number of ketones is 2. The van der Waals surface area contributed by atoms with Crippen LogP contribution in [0.3, 0.4) is 0 Å². The van der Waals surface area contributed by atoms with E-state index in [0.717, 1.165) is 94.6 Å². The first-order valence-corrected chi connectivity index (χ1v) is 26.2. The van der Waals surface area contributed by atoms with Gasteiger partial charge in [0, 0.05) is 57.5 Å². The van der Waals surface area contributed by atoms with Gasteiger partial charge in [-0.15, -0.1) is 0 Å². The van der Waals surface area contributed by atoms with Gasteiger partial charge in [-0.25, -0.2) is 4.98 Å². The van der Waals surface area contributed by atoms with Crippen molar-refractivity contribution in [3.8, 4) is 11.5 Å². The second kappa shape index (κ2) is 13.6. The molecule has 4 aromatic rings. The first-order valence-electron chi connectivity index (χ1n) is 26.2. The van der Waals surface area contributed by atoms with Crippen LogP contribution in [0, 0.1) is 34.0 Å². The highest BCUT2D eigenvalue weighted by Crippen LogP contribution is 2.80. The monoisotopic (exact) mass is 947 g/mol. The fourth-order valence-electron chi connectivity index (χ4n) is 19.0. The predicted octanol–water partition coefficient (Wildman–Crippen LogP) is 7.56. The van der Waals surface area contributed by atoms with E-state index in [-0.39, 0.29) is 62.5 Å². The fraction of sp³-hybridized carbons (Fsp3) is 0.561. The molecule has 5 saturated carbocycles. The highest BCUT2D eigenvalue weighted by Gasteiger charge is 2.79. The van der Waals surface area contributed by atoms with Crippen molar-refractivity contribution < 1.29 is 49.7 Å². The lowest BCUT2D eigenvalue weighted by molar-refractivity contribution is -0.366. The van der Waals surface area contributed by atoms with Gasteiger partial charge >= 0.3 is 0 Å². The van der Waals surface area contributed by atoms with E-state index in [1.54, 1.807) is 37.4 Å². The maximum absolute atomic E-state index is 15.2. The summed E-state index contributed by atoms with van der Waals surface area (Å²) in [5.41, 5.74) is -0.113. The van der Waals surface area contributed by atoms with Gasteiger partial charge in [0.2, 0.25) is 5.78 Å². The number of hydrogen-bond acceptors (Lipinski definition) is 12. The van der Waals surface area contributed by atoms with Crippen LogP contribution >= 0.6 is 0 Å². The highest BCUT2D eigenvalue weighted by atomic mass is 16.7. The Hall–Kier alpha value is -4.89. The third kappa shape index (κ3) is 4.85. The molecule has 1 saturated heterocycles. The van der Waals surface area contributed by atoms with Gasteiger partial charge in [-0.1, -0.05) is 44.1 Å². The highest BCUT2D eigenvalue weighted by molar-refractivity contribution is 6.34. The number of aliphatic hydroxyl groups is 5. The lowest BCUT2D eigenvalue weighted by atomic mass is 9.50. The first-order chi connectivity index (χ1) is 33.7. The quantitative estimate of drug-likeness (QED) is 0.0755. The van der Waals surface area contributed by atoms with Gasteiger partial charge in [0.25, 0.3) is 5.79 Å². The number of hydrogen-bond donors (Lipinski definition) is 8. The maximum atomic E-state index is 15.2. The first kappa shape index (κ1) is 42.8. The molecule has 70 heavy (non-hydrogen) atoms. The summed E-state index contributed by atoms with van der Waals surface area (Å²) in [6.07, 6.45) is 13.2. The fourth-order valence-corrected chi connectivity index (χ4v) is 19.0. The second-order valence-corrected chi connectivity index (χ2v) is 24.4. The maximum Gasteiger partial charge on any atom is 0.261 e. The summed E-state index contributed by atoms with van der Waals surface area (Å²) < 4.78 is 14.8. The Bertz CT molecular complexity index is 3090. The van der Waals surface area contributed by atoms with Crippen LogP contribution in [-0.2, 0) is 4.74 Å². The molecule has 16 rings (SSSR count). The zero-order chi connectivity index (χ0) is 47.7. The summed E-state index contributed by atoms with van der Waals surface area (Å²) >= 11 is 0. The molecule has 4 aliphatic heterocycles. The third-order valence-corrected chi connectivity index (χ3v) is 21.4. The van der Waals surface area contributed by atoms with E-state index in [4.69, 9.17) is 14.5 Å². The molecule has 13 nitrogen and oxygen atoms in total. The van der Waals surface area contributed by atoms with Crippen molar-refractivity contribution in [2.24, 2.45) is 27.1 Å². The van der Waals surface area contributed by atoms with Crippen LogP contribution in [0.5, 0.6) is 11.5 Å². The van der Waals surface area contributed by atoms with Crippen molar-refractivity contribution in [3.05, 3.63) is 99.0 Å². The number of H-pyrrole nitrogens is 1. The van der Waals surface area contributed by atoms with Gasteiger partial charge < -0.3 is 50.4 Å². The minimum Gasteiger partial charge on any atom is -0.507 e. The molecule has 0 unspecified atom stereocenters. The van der Waals surface area contributed by atoms with Crippen molar-refractivity contribution in [1.29, 1.82) is 0 Å². The third-order valence-electron chi connectivity index (χ3n) is 21.4. The molecule has 0 radical (unpaired) electrons. The van der Waals surface area contributed by atoms with E-state index in [1.165, 1.54) is 6.07 Å². The summed E-state index contributed by atoms with van der Waals surface area (Å²) in [6, 6.07) is 8.37. The number of fused-ring (bicyclic) bond motifs is 8. The number of nitrogens with one attached hydrogen (secondary N) is 2. The van der Waals surface area contributed by atoms with Crippen molar-refractivity contribution in [1.82, 2.24) is 9.97 Å². The number of phenolic OH excluding ortho intramolecular Hbond substituents is 1. The molecule has 364 valence electrons. The van der Waals surface area contributed by atoms with Crippen LogP contribution in [0.25, 0.3) is 16.3 Å². The molecule has 8 bridgehead atoms. The van der Waals surface area contributed by atoms with Gasteiger partial charge in [0.05, 0.1) is 23.3 Å². The minimum absolute atomic E-state index is 0.00535. The summed E-state index contributed by atoms with van der Waals surface area (Å²) in [5, 5.41) is 82.5. The number of rotatable bonds is 0. The van der Waals surface area contributed by atoms with Crippen LogP contribution < -0.4 is 10.1 Å². The number of nitrogens with zero attached hydrogens (tertiary/aromatic N) is 1. The molecule has 7 spiro atoms. The average Bonchev–Trinajstić information content (AvgIpc) is 4.22. The Morgan fingerprint density at radius 1 is 0.786 bits per heavy atom. The molecular weight excluding hydrogens is 887 g/mol. The van der Waals surface area contributed by atoms with Crippen molar-refractivity contribution >= 4 is 33.7 Å². The normalized spacial score (nSPS) is 37.2. The SMILES string of the molecule is Cc1cc(O)c2c(c1)C(=O)c1c(c3cc4c(nccc14)NC[C@@H](O)[C@@]14CC5(CCCC5)C[C@@H]1c1cc[nH]c1C1=C[C@@]5(O3)O[C@@]3(C1=C4CC1(CC4(CCCC4)C4(CCCC4)C1)[C@H]3O)[C@@H](O)[C@H](O)[C@H]5O)C2=O. The smallest absolute Gasteiger partial charge is 0.261 e. The number of aliphatic hydroxyl groups excluding tert-OH is 5. The van der Waals surface area contributed by atoms with Crippen LogP contribution in [0.15, 0.2) is 59.9 Å². The zero-order valence-electron chi connectivity index (χ0n) is 39.6. The number of pyridine rings is 1. The standard InChI is InChI=1S/C57H61N3O10/c1-28-18-32-39(36(61)19-28)45(64)41-37-20-31-29(40(41)44(32)63)8-17-59-49(31)60-24-38(62)55-25-51(10-2-3-11-51)22-34(55)30-9-16-58-43(30)33-21-56(69-37)47(66)46(65)48(67)57(70-56)42(33)35(55)23-52(50(57)68)26-53(12-4-5-13-53)54(27-52)14-6-7-15-54/h8-9,16-21,34,38,46-48,50,58,61-62,65-68H,2-7,10-15,22-27H2,1H3,(H,59,60)/t34-,38-,46-,47-,48+,50-,55+,56-,57+/m1/s1. The van der Waals surface area contributed by atoms with E-state index >= 15 is 9.59 Å². The molecule has 0 amide bonds. The number of aromatic nitrogens is 2. The lowest BCUT2D eigenvalue weighted by Crippen LogP contribution is -2.79. The van der Waals surface area contributed by atoms with Gasteiger partial charge in [0.1, 0.15) is 29.5 Å². The van der Waals surface area contributed by atoms with Gasteiger partial charge in [-0.3, -0.25) is 9.59 Å². The van der Waals surface area contributed by atoms with Crippen LogP contribution in [0.4, 0.5) is 5.82 Å². The number of anilines is 1. The number of phenols is 1. The molecular formula is C57H61N3O10. The van der Waals surface area contributed by atoms with Crippen LogP contribution in [0.2, 0.25) is 0 Å². The number of aromatic amines is 1. The topological polar surface area (TPSA) is 215 Å². The molecule has 6 fully saturated rings. The summed E-state index contributed by atoms with van der Waals surface area (Å²) in [4.78, 5) is 38.6. The Balaban J connectivity index is 1.06. The predicted molar refractivity (Wildman–Crippen MR) is 256 cm³/mol. The largest absolute Gasteiger partial charge is 0.507 e. The van der Waals surface area contributed by atoms with Crippen molar-refractivity contribution in [2.45, 2.75) is 164 Å². The Labute approximate surface area is 405 Å². The van der Waals surface area contributed by atoms with Crippen LogP contribution in [-0.4, -0.2) is 101 Å². The lowest BCUT2D eigenvalue weighted by Gasteiger charge is -2.64. The Morgan fingerprint density at radius 3 is 2.23 bits per heavy atom. The average molecular weight is 948 g/mol. The van der Waals surface area contributed by atoms with E-state index < -0.39 is 64.3 Å². The van der Waals surface area contributed by atoms with Gasteiger partial charge in [-0.05, 0) is 158 Å². The summed E-state index contributed by atoms with van der Waals surface area (Å²) in [6.45, 7) is 1.79. The summed E-state index contributed by atoms with van der Waals surface area (Å²) in [5.74, 6) is -4.02. The second-order valence-electron chi connectivity index (χ2n) is 24.4. The molecule has 13 heteroatoms. The summed E-state index contributed by atoms with van der Waals surface area (Å²) in [7, 11) is 0. The molecule has 2 aromatic heterocycles.